The van der Waals surface area contributed by atoms with Gasteiger partial charge in [0.2, 0.25) is 0 Å². The van der Waals surface area contributed by atoms with Crippen molar-refractivity contribution < 1.29 is 4.39 Å². The Hall–Kier alpha value is -1.01. The van der Waals surface area contributed by atoms with Crippen LogP contribution in [0.4, 0.5) is 4.39 Å². The Morgan fingerprint density at radius 1 is 1.58 bits per heavy atom. The SMILES string of the molecule is CSc1ccc(F)cc1CC#N. The second-order valence-electron chi connectivity index (χ2n) is 2.29. The van der Waals surface area contributed by atoms with E-state index in [1.54, 1.807) is 6.07 Å². The Bertz CT molecular complexity index is 317. The number of hydrogen-bond acceptors (Lipinski definition) is 2. The van der Waals surface area contributed by atoms with Gasteiger partial charge in [-0.05, 0) is 30.0 Å². The van der Waals surface area contributed by atoms with Crippen molar-refractivity contribution in [3.8, 4) is 6.07 Å². The van der Waals surface area contributed by atoms with Gasteiger partial charge in [-0.25, -0.2) is 4.39 Å². The topological polar surface area (TPSA) is 23.8 Å². The molecule has 0 atom stereocenters. The quantitative estimate of drug-likeness (QED) is 0.655. The third-order valence-corrected chi connectivity index (χ3v) is 2.35. The summed E-state index contributed by atoms with van der Waals surface area (Å²) in [5, 5.41) is 8.45. The molecule has 0 aliphatic carbocycles. The van der Waals surface area contributed by atoms with E-state index in [1.807, 2.05) is 12.3 Å². The lowest BCUT2D eigenvalue weighted by molar-refractivity contribution is 0.624. The minimum Gasteiger partial charge on any atom is -0.207 e. The maximum absolute atomic E-state index is 12.7. The van der Waals surface area contributed by atoms with Crippen LogP contribution in [0.25, 0.3) is 0 Å². The third-order valence-electron chi connectivity index (χ3n) is 1.51. The van der Waals surface area contributed by atoms with Crippen LogP contribution in [-0.2, 0) is 6.42 Å². The summed E-state index contributed by atoms with van der Waals surface area (Å²) in [5.41, 5.74) is 0.769. The predicted octanol–water partition coefficient (Wildman–Crippen LogP) is 2.61. The van der Waals surface area contributed by atoms with Gasteiger partial charge in [0.1, 0.15) is 5.82 Å². The maximum atomic E-state index is 12.7. The van der Waals surface area contributed by atoms with Crippen molar-refractivity contribution in [3.63, 3.8) is 0 Å². The zero-order chi connectivity index (χ0) is 8.97. The van der Waals surface area contributed by atoms with E-state index in [4.69, 9.17) is 5.26 Å². The van der Waals surface area contributed by atoms with Crippen molar-refractivity contribution in [2.75, 3.05) is 6.26 Å². The summed E-state index contributed by atoms with van der Waals surface area (Å²) < 4.78 is 12.7. The molecule has 1 rings (SSSR count). The van der Waals surface area contributed by atoms with Crippen molar-refractivity contribution in [2.24, 2.45) is 0 Å². The van der Waals surface area contributed by atoms with Crippen LogP contribution in [0, 0.1) is 17.1 Å². The summed E-state index contributed by atoms with van der Waals surface area (Å²) in [6.07, 6.45) is 2.18. The summed E-state index contributed by atoms with van der Waals surface area (Å²) in [7, 11) is 0. The molecule has 12 heavy (non-hydrogen) atoms. The molecule has 0 radical (unpaired) electrons. The van der Waals surface area contributed by atoms with E-state index in [1.165, 1.54) is 23.9 Å². The molecule has 0 saturated carbocycles. The fourth-order valence-corrected chi connectivity index (χ4v) is 1.57. The maximum Gasteiger partial charge on any atom is 0.123 e. The van der Waals surface area contributed by atoms with E-state index >= 15 is 0 Å². The molecule has 0 unspecified atom stereocenters. The standard InChI is InChI=1S/C9H8FNS/c1-12-9-3-2-8(10)6-7(9)4-5-11/h2-3,6H,4H2,1H3. The molecule has 0 aliphatic rings. The van der Waals surface area contributed by atoms with Crippen LogP contribution in [0.5, 0.6) is 0 Å². The van der Waals surface area contributed by atoms with Gasteiger partial charge in [-0.2, -0.15) is 5.26 Å². The molecular weight excluding hydrogens is 173 g/mol. The van der Waals surface area contributed by atoms with E-state index in [2.05, 4.69) is 0 Å². The Morgan fingerprint density at radius 2 is 2.33 bits per heavy atom. The highest BCUT2D eigenvalue weighted by atomic mass is 32.2. The molecule has 1 nitrogen and oxygen atoms in total. The Labute approximate surface area is 75.2 Å². The highest BCUT2D eigenvalue weighted by molar-refractivity contribution is 7.98. The lowest BCUT2D eigenvalue weighted by Gasteiger charge is -2.02. The Morgan fingerprint density at radius 3 is 2.92 bits per heavy atom. The molecular formula is C9H8FNS. The van der Waals surface area contributed by atoms with E-state index in [0.29, 0.717) is 0 Å². The monoisotopic (exact) mass is 181 g/mol. The third kappa shape index (κ3) is 1.99. The van der Waals surface area contributed by atoms with Crippen molar-refractivity contribution in [1.82, 2.24) is 0 Å². The summed E-state index contributed by atoms with van der Waals surface area (Å²) >= 11 is 1.53. The molecule has 0 fully saturated rings. The molecule has 0 heterocycles. The van der Waals surface area contributed by atoms with Gasteiger partial charge in [-0.1, -0.05) is 0 Å². The van der Waals surface area contributed by atoms with E-state index in [0.717, 1.165) is 10.5 Å². The first-order valence-electron chi connectivity index (χ1n) is 3.47. The van der Waals surface area contributed by atoms with Gasteiger partial charge in [-0.3, -0.25) is 0 Å². The van der Waals surface area contributed by atoms with Gasteiger partial charge >= 0.3 is 0 Å². The first-order chi connectivity index (χ1) is 5.77. The molecule has 62 valence electrons. The molecule has 0 amide bonds. The van der Waals surface area contributed by atoms with Gasteiger partial charge in [0.05, 0.1) is 12.5 Å². The molecule has 1 aromatic rings. The van der Waals surface area contributed by atoms with Crippen LogP contribution < -0.4 is 0 Å². The van der Waals surface area contributed by atoms with Gasteiger partial charge in [0.25, 0.3) is 0 Å². The first-order valence-corrected chi connectivity index (χ1v) is 4.69. The van der Waals surface area contributed by atoms with Gasteiger partial charge in [0, 0.05) is 4.90 Å². The molecule has 0 aromatic heterocycles. The Balaban J connectivity index is 3.05. The molecule has 0 aliphatic heterocycles. The lowest BCUT2D eigenvalue weighted by Crippen LogP contribution is -1.87. The van der Waals surface area contributed by atoms with Crippen molar-refractivity contribution in [3.05, 3.63) is 29.6 Å². The fraction of sp³-hybridized carbons (Fsp3) is 0.222. The van der Waals surface area contributed by atoms with Crippen LogP contribution in [0.2, 0.25) is 0 Å². The van der Waals surface area contributed by atoms with Gasteiger partial charge in [0.15, 0.2) is 0 Å². The molecule has 3 heteroatoms. The van der Waals surface area contributed by atoms with Crippen molar-refractivity contribution in [2.45, 2.75) is 11.3 Å². The van der Waals surface area contributed by atoms with Gasteiger partial charge in [-0.15, -0.1) is 11.8 Å². The first kappa shape index (κ1) is 9.08. The summed E-state index contributed by atoms with van der Waals surface area (Å²) in [5.74, 6) is -0.280. The number of thioether (sulfide) groups is 1. The van der Waals surface area contributed by atoms with Crippen LogP contribution >= 0.6 is 11.8 Å². The number of halogens is 1. The summed E-state index contributed by atoms with van der Waals surface area (Å²) in [6.45, 7) is 0. The van der Waals surface area contributed by atoms with Crippen LogP contribution in [0.15, 0.2) is 23.1 Å². The number of rotatable bonds is 2. The van der Waals surface area contributed by atoms with E-state index in [9.17, 15) is 4.39 Å². The predicted molar refractivity (Wildman–Crippen MR) is 47.5 cm³/mol. The second-order valence-corrected chi connectivity index (χ2v) is 3.14. The molecule has 0 spiro atoms. The molecule has 1 aromatic carbocycles. The van der Waals surface area contributed by atoms with E-state index in [-0.39, 0.29) is 12.2 Å². The number of benzene rings is 1. The largest absolute Gasteiger partial charge is 0.207 e. The second kappa shape index (κ2) is 4.13. The number of nitriles is 1. The van der Waals surface area contributed by atoms with Crippen LogP contribution in [0.1, 0.15) is 5.56 Å². The molecule has 0 bridgehead atoms. The summed E-state index contributed by atoms with van der Waals surface area (Å²) in [4.78, 5) is 0.970. The van der Waals surface area contributed by atoms with Crippen LogP contribution in [0.3, 0.4) is 0 Å². The summed E-state index contributed by atoms with van der Waals surface area (Å²) in [6, 6.07) is 6.53. The average molecular weight is 181 g/mol. The number of hydrogen-bond donors (Lipinski definition) is 0. The van der Waals surface area contributed by atoms with Crippen LogP contribution in [-0.4, -0.2) is 6.26 Å². The fourth-order valence-electron chi connectivity index (χ4n) is 0.970. The van der Waals surface area contributed by atoms with Crippen molar-refractivity contribution in [1.29, 1.82) is 5.26 Å². The Kier molecular flexibility index (Phi) is 3.12. The minimum absolute atomic E-state index is 0.272. The average Bonchev–Trinajstić information content (AvgIpc) is 2.05. The molecule has 0 saturated heterocycles. The normalized spacial score (nSPS) is 9.42. The van der Waals surface area contributed by atoms with E-state index < -0.39 is 0 Å². The smallest absolute Gasteiger partial charge is 0.123 e. The lowest BCUT2D eigenvalue weighted by atomic mass is 10.2. The zero-order valence-corrected chi connectivity index (χ0v) is 7.49. The highest BCUT2D eigenvalue weighted by Gasteiger charge is 2.01. The zero-order valence-electron chi connectivity index (χ0n) is 6.67. The molecule has 0 N–H and O–H groups in total. The highest BCUT2D eigenvalue weighted by Crippen LogP contribution is 2.21. The van der Waals surface area contributed by atoms with Crippen molar-refractivity contribution >= 4 is 11.8 Å². The van der Waals surface area contributed by atoms with Gasteiger partial charge < -0.3 is 0 Å². The number of nitrogens with zero attached hydrogens (tertiary/aromatic N) is 1. The minimum atomic E-state index is -0.280.